The van der Waals surface area contributed by atoms with Crippen LogP contribution in [0.1, 0.15) is 31.1 Å². The Hall–Kier alpha value is -3.44. The van der Waals surface area contributed by atoms with Crippen molar-refractivity contribution in [3.63, 3.8) is 0 Å². The number of nitrogens with one attached hydrogen (secondary N) is 4. The molecule has 1 aliphatic rings. The summed E-state index contributed by atoms with van der Waals surface area (Å²) in [5.41, 5.74) is 10.1. The molecule has 0 saturated carbocycles. The fraction of sp³-hybridized carbons (Fsp3) is 0.286. The Morgan fingerprint density at radius 1 is 1.39 bits per heavy atom. The third kappa shape index (κ3) is 5.49. The number of carbonyl (C=O) groups is 1. The van der Waals surface area contributed by atoms with Gasteiger partial charge in [0.25, 0.3) is 5.91 Å². The molecule has 2 aromatic carbocycles. The monoisotopic (exact) mass is 479 g/mol. The van der Waals surface area contributed by atoms with Crippen molar-refractivity contribution in [1.29, 1.82) is 5.41 Å². The van der Waals surface area contributed by atoms with Crippen LogP contribution in [-0.4, -0.2) is 42.8 Å². The molecule has 3 rings (SSSR count). The number of guanidine groups is 1. The maximum Gasteiger partial charge on any atom is 0.258 e. The molecule has 33 heavy (non-hydrogen) atoms. The summed E-state index contributed by atoms with van der Waals surface area (Å²) in [6, 6.07) is 5.28. The normalized spacial score (nSPS) is 15.4. The second kappa shape index (κ2) is 10.0. The fourth-order valence-corrected chi connectivity index (χ4v) is 3.37. The molecular weight excluding hydrogens is 456 g/mol. The Balaban J connectivity index is 1.78. The summed E-state index contributed by atoms with van der Waals surface area (Å²) < 4.78 is 34.1. The number of halogens is 3. The average Bonchev–Trinajstić information content (AvgIpc) is 3.09. The molecule has 0 radical (unpaired) electrons. The van der Waals surface area contributed by atoms with Gasteiger partial charge in [-0.15, -0.1) is 0 Å². The second-order valence-electron chi connectivity index (χ2n) is 7.57. The number of ether oxygens (including phenoxy) is 1. The lowest BCUT2D eigenvalue weighted by atomic mass is 10.1. The van der Waals surface area contributed by atoms with Crippen molar-refractivity contribution in [2.75, 3.05) is 24.7 Å². The lowest BCUT2D eigenvalue weighted by molar-refractivity contribution is -0.123. The van der Waals surface area contributed by atoms with Crippen molar-refractivity contribution in [3.8, 4) is 5.75 Å². The first kappa shape index (κ1) is 24.2. The molecule has 0 aromatic heterocycles. The lowest BCUT2D eigenvalue weighted by Crippen LogP contribution is -2.37. The van der Waals surface area contributed by atoms with Crippen LogP contribution in [0.15, 0.2) is 29.3 Å². The smallest absolute Gasteiger partial charge is 0.258 e. The van der Waals surface area contributed by atoms with Gasteiger partial charge in [-0.25, -0.2) is 19.2 Å². The molecule has 1 atom stereocenters. The van der Waals surface area contributed by atoms with Crippen molar-refractivity contribution < 1.29 is 18.3 Å². The highest BCUT2D eigenvalue weighted by atomic mass is 35.5. The van der Waals surface area contributed by atoms with E-state index in [-0.39, 0.29) is 16.6 Å². The zero-order valence-electron chi connectivity index (χ0n) is 18.2. The third-order valence-electron chi connectivity index (χ3n) is 4.62. The first-order valence-electron chi connectivity index (χ1n) is 9.95. The SMILES string of the molecule is CC(C)NC(=O)COc1c(F)cc(C2N=C(Nc3ccc(N)c(C=N)c3Cl)N(C)N2)cc1F. The topological polar surface area (TPSA) is 128 Å². The molecule has 2 aromatic rings. The Kier molecular flexibility index (Phi) is 7.34. The molecule has 1 heterocycles. The van der Waals surface area contributed by atoms with E-state index in [1.807, 2.05) is 0 Å². The van der Waals surface area contributed by atoms with E-state index in [1.54, 1.807) is 33.0 Å². The van der Waals surface area contributed by atoms with Crippen LogP contribution in [0, 0.1) is 17.0 Å². The van der Waals surface area contributed by atoms with E-state index >= 15 is 0 Å². The predicted molar refractivity (Wildman–Crippen MR) is 124 cm³/mol. The molecule has 0 fully saturated rings. The van der Waals surface area contributed by atoms with Crippen molar-refractivity contribution in [2.24, 2.45) is 4.99 Å². The van der Waals surface area contributed by atoms with E-state index in [9.17, 15) is 13.6 Å². The van der Waals surface area contributed by atoms with Crippen LogP contribution in [0.5, 0.6) is 5.75 Å². The number of hydrazine groups is 1. The van der Waals surface area contributed by atoms with Crippen LogP contribution >= 0.6 is 11.6 Å². The van der Waals surface area contributed by atoms with Crippen LogP contribution in [0.2, 0.25) is 5.02 Å². The van der Waals surface area contributed by atoms with Gasteiger partial charge in [0.2, 0.25) is 5.96 Å². The maximum atomic E-state index is 14.5. The van der Waals surface area contributed by atoms with Crippen molar-refractivity contribution >= 4 is 41.1 Å². The number of benzene rings is 2. The average molecular weight is 480 g/mol. The van der Waals surface area contributed by atoms with Gasteiger partial charge in [-0.05, 0) is 43.7 Å². The molecule has 6 N–H and O–H groups in total. The molecule has 0 aliphatic carbocycles. The molecule has 9 nitrogen and oxygen atoms in total. The van der Waals surface area contributed by atoms with Crippen molar-refractivity contribution in [1.82, 2.24) is 15.8 Å². The van der Waals surface area contributed by atoms with E-state index in [2.05, 4.69) is 21.1 Å². The Morgan fingerprint density at radius 2 is 2.06 bits per heavy atom. The van der Waals surface area contributed by atoms with E-state index in [1.165, 1.54) is 5.01 Å². The van der Waals surface area contributed by atoms with E-state index in [4.69, 9.17) is 27.5 Å². The fourth-order valence-electron chi connectivity index (χ4n) is 3.10. The van der Waals surface area contributed by atoms with Crippen LogP contribution in [0.3, 0.4) is 0 Å². The largest absolute Gasteiger partial charge is 0.478 e. The molecule has 1 aliphatic heterocycles. The third-order valence-corrected chi connectivity index (χ3v) is 5.03. The predicted octanol–water partition coefficient (Wildman–Crippen LogP) is 3.02. The number of nitrogens with zero attached hydrogens (tertiary/aromatic N) is 2. The first-order chi connectivity index (χ1) is 15.6. The Labute approximate surface area is 194 Å². The number of aliphatic imine (C=N–C) groups is 1. The molecule has 1 unspecified atom stereocenters. The minimum absolute atomic E-state index is 0.121. The summed E-state index contributed by atoms with van der Waals surface area (Å²) in [6.45, 7) is 3.01. The van der Waals surface area contributed by atoms with E-state index < -0.39 is 36.1 Å². The quantitative estimate of drug-likeness (QED) is 0.307. The minimum Gasteiger partial charge on any atom is -0.478 e. The van der Waals surface area contributed by atoms with Gasteiger partial charge < -0.3 is 26.5 Å². The number of hydrogen-bond acceptors (Lipinski definition) is 8. The molecule has 176 valence electrons. The maximum absolute atomic E-state index is 14.5. The number of nitrogen functional groups attached to an aromatic ring is 1. The summed E-state index contributed by atoms with van der Waals surface area (Å²) in [4.78, 5) is 16.1. The lowest BCUT2D eigenvalue weighted by Gasteiger charge is -2.18. The zero-order chi connectivity index (χ0) is 24.3. The highest BCUT2D eigenvalue weighted by Gasteiger charge is 2.26. The van der Waals surface area contributed by atoms with Gasteiger partial charge >= 0.3 is 0 Å². The molecular formula is C21H24ClF2N7O2. The second-order valence-corrected chi connectivity index (χ2v) is 7.95. The van der Waals surface area contributed by atoms with Gasteiger partial charge in [0, 0.05) is 30.6 Å². The first-order valence-corrected chi connectivity index (χ1v) is 10.3. The zero-order valence-corrected chi connectivity index (χ0v) is 18.9. The van der Waals surface area contributed by atoms with Crippen LogP contribution in [0.4, 0.5) is 20.2 Å². The summed E-state index contributed by atoms with van der Waals surface area (Å²) in [5.74, 6) is -2.71. The Bertz CT molecular complexity index is 1090. The van der Waals surface area contributed by atoms with Crippen molar-refractivity contribution in [2.45, 2.75) is 26.1 Å². The molecule has 0 spiro atoms. The van der Waals surface area contributed by atoms with Gasteiger partial charge in [0.15, 0.2) is 24.0 Å². The number of carbonyl (C=O) groups excluding carboxylic acids is 1. The summed E-state index contributed by atoms with van der Waals surface area (Å²) in [7, 11) is 1.66. The van der Waals surface area contributed by atoms with E-state index in [0.29, 0.717) is 22.9 Å². The highest BCUT2D eigenvalue weighted by Crippen LogP contribution is 2.31. The molecule has 12 heteroatoms. The van der Waals surface area contributed by atoms with Gasteiger partial charge in [0.1, 0.15) is 6.17 Å². The van der Waals surface area contributed by atoms with Crippen LogP contribution < -0.4 is 26.5 Å². The Morgan fingerprint density at radius 3 is 2.67 bits per heavy atom. The number of hydrogen-bond donors (Lipinski definition) is 5. The van der Waals surface area contributed by atoms with E-state index in [0.717, 1.165) is 18.3 Å². The van der Waals surface area contributed by atoms with Crippen molar-refractivity contribution in [3.05, 3.63) is 52.0 Å². The molecule has 0 bridgehead atoms. The number of amides is 1. The summed E-state index contributed by atoms with van der Waals surface area (Å²) >= 11 is 6.30. The molecule has 1 amide bonds. The van der Waals surface area contributed by atoms with Gasteiger partial charge in [-0.1, -0.05) is 11.6 Å². The van der Waals surface area contributed by atoms with Gasteiger partial charge in [0.05, 0.1) is 10.7 Å². The molecule has 0 saturated heterocycles. The van der Waals surface area contributed by atoms with Crippen LogP contribution in [0.25, 0.3) is 0 Å². The highest BCUT2D eigenvalue weighted by molar-refractivity contribution is 6.36. The van der Waals surface area contributed by atoms with Crippen LogP contribution in [-0.2, 0) is 4.79 Å². The standard InChI is InChI=1S/C21H24ClF2N7O2/c1-10(2)27-17(32)9-33-19-13(23)6-11(7-14(19)24)20-29-21(31(3)30-20)28-16-5-4-15(26)12(8-25)18(16)22/h4-8,10,20,25,30H,9,26H2,1-3H3,(H,27,32)(H,28,29). The van der Waals surface area contributed by atoms with Gasteiger partial charge in [-0.3, -0.25) is 9.80 Å². The number of rotatable bonds is 7. The van der Waals surface area contributed by atoms with Gasteiger partial charge in [-0.2, -0.15) is 0 Å². The summed E-state index contributed by atoms with van der Waals surface area (Å²) in [5, 5.41) is 14.8. The number of nitrogens with two attached hydrogens (primary N) is 1. The minimum atomic E-state index is -0.958. The number of anilines is 2. The summed E-state index contributed by atoms with van der Waals surface area (Å²) in [6.07, 6.45) is 0.251.